The summed E-state index contributed by atoms with van der Waals surface area (Å²) in [5.74, 6) is 0.880. The average Bonchev–Trinajstić information content (AvgIpc) is 1.89. The van der Waals surface area contributed by atoms with E-state index in [-0.39, 0.29) is 26.2 Å². The summed E-state index contributed by atoms with van der Waals surface area (Å²) in [5, 5.41) is 16.3. The molecule has 0 aromatic rings. The van der Waals surface area contributed by atoms with E-state index in [1.54, 1.807) is 0 Å². The second kappa shape index (κ2) is 13.4. The van der Waals surface area contributed by atoms with E-state index in [0.29, 0.717) is 25.0 Å². The van der Waals surface area contributed by atoms with E-state index in [4.69, 9.17) is 10.2 Å². The summed E-state index contributed by atoms with van der Waals surface area (Å²) in [6.45, 7) is 8.50. The second-order valence-electron chi connectivity index (χ2n) is 3.15. The molecule has 0 aromatic heterocycles. The zero-order chi connectivity index (χ0) is 8.57. The Morgan fingerprint density at radius 1 is 0.818 bits per heavy atom. The van der Waals surface area contributed by atoms with Crippen molar-refractivity contribution in [3.8, 4) is 0 Å². The van der Waals surface area contributed by atoms with Gasteiger partial charge in [-0.25, -0.2) is 0 Å². The first kappa shape index (κ1) is 17.8. The molecule has 0 aromatic carbocycles. The third kappa shape index (κ3) is 36.3. The monoisotopic (exact) mass is 238 g/mol. The molecule has 68 valence electrons. The number of hydrogen-bond acceptors (Lipinski definition) is 2. The van der Waals surface area contributed by atoms with Gasteiger partial charge in [-0.05, 0) is 11.8 Å². The molecule has 0 atom stereocenters. The van der Waals surface area contributed by atoms with E-state index in [0.717, 1.165) is 0 Å². The van der Waals surface area contributed by atoms with E-state index >= 15 is 0 Å². The summed E-state index contributed by atoms with van der Waals surface area (Å²) < 4.78 is 0. The Hall–Kier alpha value is 0.803. The molecular weight excluding hydrogens is 219 g/mol. The standard InChI is InChI=1S/2C4H10O.Zr/c2*1-4(2)3-5;/h2*4-5H,3H2,1-2H3;. The normalized spacial score (nSPS) is 8.73. The maximum atomic E-state index is 8.14. The van der Waals surface area contributed by atoms with Crippen LogP contribution in [-0.4, -0.2) is 23.4 Å². The molecule has 11 heavy (non-hydrogen) atoms. The molecule has 0 amide bonds. The Kier molecular flexibility index (Phi) is 21.6. The predicted molar refractivity (Wildman–Crippen MR) is 43.8 cm³/mol. The largest absolute Gasteiger partial charge is 0.396 e. The van der Waals surface area contributed by atoms with Gasteiger partial charge in [0.15, 0.2) is 0 Å². The number of rotatable bonds is 2. The maximum Gasteiger partial charge on any atom is 0.0453 e. The van der Waals surface area contributed by atoms with E-state index in [1.165, 1.54) is 0 Å². The van der Waals surface area contributed by atoms with E-state index in [1.807, 2.05) is 27.7 Å². The minimum Gasteiger partial charge on any atom is -0.396 e. The van der Waals surface area contributed by atoms with E-state index < -0.39 is 0 Å². The molecule has 0 heterocycles. The molecule has 3 heteroatoms. The van der Waals surface area contributed by atoms with Gasteiger partial charge in [0.2, 0.25) is 0 Å². The Morgan fingerprint density at radius 3 is 0.909 bits per heavy atom. The van der Waals surface area contributed by atoms with Crippen LogP contribution in [0.4, 0.5) is 0 Å². The maximum absolute atomic E-state index is 8.14. The fourth-order valence-corrected chi connectivity index (χ4v) is 0. The van der Waals surface area contributed by atoms with Crippen LogP contribution in [0.2, 0.25) is 0 Å². The molecule has 0 bridgehead atoms. The van der Waals surface area contributed by atoms with Gasteiger partial charge in [0, 0.05) is 39.4 Å². The van der Waals surface area contributed by atoms with Crippen molar-refractivity contribution in [2.24, 2.45) is 11.8 Å². The molecule has 0 aliphatic heterocycles. The molecule has 2 nitrogen and oxygen atoms in total. The van der Waals surface area contributed by atoms with Crippen molar-refractivity contribution in [2.45, 2.75) is 27.7 Å². The zero-order valence-corrected chi connectivity index (χ0v) is 10.4. The summed E-state index contributed by atoms with van der Waals surface area (Å²) >= 11 is 0. The van der Waals surface area contributed by atoms with Gasteiger partial charge in [-0.3, -0.25) is 0 Å². The van der Waals surface area contributed by atoms with Crippen LogP contribution in [0.3, 0.4) is 0 Å². The molecule has 0 saturated heterocycles. The van der Waals surface area contributed by atoms with Crippen molar-refractivity contribution < 1.29 is 36.4 Å². The Bertz CT molecular complexity index is 48.1. The second-order valence-corrected chi connectivity index (χ2v) is 3.15. The smallest absolute Gasteiger partial charge is 0.0453 e. The SMILES string of the molecule is CC(C)CO.CC(C)CO.[Zr]. The summed E-state index contributed by atoms with van der Waals surface area (Å²) in [5.41, 5.74) is 0. The molecule has 0 aliphatic carbocycles. The Labute approximate surface area is 89.1 Å². The van der Waals surface area contributed by atoms with E-state index in [9.17, 15) is 0 Å². The van der Waals surface area contributed by atoms with Gasteiger partial charge in [0.25, 0.3) is 0 Å². The van der Waals surface area contributed by atoms with Crippen LogP contribution in [0, 0.1) is 11.8 Å². The third-order valence-corrected chi connectivity index (χ3v) is 0.730. The van der Waals surface area contributed by atoms with Gasteiger partial charge in [-0.1, -0.05) is 27.7 Å². The van der Waals surface area contributed by atoms with Crippen LogP contribution in [0.5, 0.6) is 0 Å². The molecule has 0 unspecified atom stereocenters. The molecule has 0 saturated carbocycles. The van der Waals surface area contributed by atoms with Gasteiger partial charge in [-0.2, -0.15) is 0 Å². The average molecular weight is 239 g/mol. The first-order valence-corrected chi connectivity index (χ1v) is 3.76. The van der Waals surface area contributed by atoms with Crippen LogP contribution in [0.25, 0.3) is 0 Å². The summed E-state index contributed by atoms with van der Waals surface area (Å²) in [7, 11) is 0. The summed E-state index contributed by atoms with van der Waals surface area (Å²) in [6.07, 6.45) is 0. The Morgan fingerprint density at radius 2 is 0.909 bits per heavy atom. The van der Waals surface area contributed by atoms with Crippen LogP contribution < -0.4 is 0 Å². The fourth-order valence-electron chi connectivity index (χ4n) is 0. The van der Waals surface area contributed by atoms with Crippen molar-refractivity contribution in [3.63, 3.8) is 0 Å². The summed E-state index contributed by atoms with van der Waals surface area (Å²) in [4.78, 5) is 0. The van der Waals surface area contributed by atoms with Crippen molar-refractivity contribution in [3.05, 3.63) is 0 Å². The van der Waals surface area contributed by atoms with Crippen molar-refractivity contribution in [1.29, 1.82) is 0 Å². The van der Waals surface area contributed by atoms with Crippen LogP contribution >= 0.6 is 0 Å². The zero-order valence-electron chi connectivity index (χ0n) is 7.96. The Balaban J connectivity index is -0.000000107. The molecule has 0 fully saturated rings. The van der Waals surface area contributed by atoms with Crippen molar-refractivity contribution in [2.75, 3.05) is 13.2 Å². The van der Waals surface area contributed by atoms with Crippen LogP contribution in [0.15, 0.2) is 0 Å². The molecule has 0 spiro atoms. The molecule has 2 N–H and O–H groups in total. The number of hydrogen-bond donors (Lipinski definition) is 2. The van der Waals surface area contributed by atoms with Gasteiger partial charge in [0.05, 0.1) is 0 Å². The minimum atomic E-state index is 0. The third-order valence-electron chi connectivity index (χ3n) is 0.730. The van der Waals surface area contributed by atoms with E-state index in [2.05, 4.69) is 0 Å². The number of aliphatic hydroxyl groups excluding tert-OH is 2. The van der Waals surface area contributed by atoms with Crippen LogP contribution in [0.1, 0.15) is 27.7 Å². The summed E-state index contributed by atoms with van der Waals surface area (Å²) in [6, 6.07) is 0. The molecule has 0 rings (SSSR count). The number of aliphatic hydroxyl groups is 2. The quantitative estimate of drug-likeness (QED) is 0.762. The van der Waals surface area contributed by atoms with Gasteiger partial charge >= 0.3 is 0 Å². The van der Waals surface area contributed by atoms with Gasteiger partial charge in [-0.15, -0.1) is 0 Å². The topological polar surface area (TPSA) is 40.5 Å². The van der Waals surface area contributed by atoms with Crippen LogP contribution in [-0.2, 0) is 26.2 Å². The molecular formula is C8H20O2Zr. The molecule has 0 aliphatic rings. The van der Waals surface area contributed by atoms with Gasteiger partial charge < -0.3 is 10.2 Å². The molecule has 0 radical (unpaired) electrons. The van der Waals surface area contributed by atoms with Crippen molar-refractivity contribution in [1.82, 2.24) is 0 Å². The van der Waals surface area contributed by atoms with Gasteiger partial charge in [0.1, 0.15) is 0 Å². The van der Waals surface area contributed by atoms with Crippen molar-refractivity contribution >= 4 is 0 Å². The first-order chi connectivity index (χ1) is 4.54. The predicted octanol–water partition coefficient (Wildman–Crippen LogP) is 1.27. The minimum absolute atomic E-state index is 0. The first-order valence-electron chi connectivity index (χ1n) is 3.76. The fraction of sp³-hybridized carbons (Fsp3) is 1.00.